The fourth-order valence-electron chi connectivity index (χ4n) is 2.79. The van der Waals surface area contributed by atoms with E-state index in [1.54, 1.807) is 7.11 Å². The quantitative estimate of drug-likeness (QED) is 0.932. The van der Waals surface area contributed by atoms with E-state index < -0.39 is 0 Å². The minimum atomic E-state index is -0.108. The van der Waals surface area contributed by atoms with Crippen LogP contribution in [0.25, 0.3) is 0 Å². The number of ether oxygens (including phenoxy) is 1. The number of aromatic nitrogens is 3. The Morgan fingerprint density at radius 3 is 3.13 bits per heavy atom. The molecular weight excluding hydrogens is 314 g/mol. The molecule has 1 fully saturated rings. The van der Waals surface area contributed by atoms with Gasteiger partial charge >= 0.3 is 6.03 Å². The highest BCUT2D eigenvalue weighted by Gasteiger charge is 2.29. The Balaban J connectivity index is 1.40. The molecule has 23 heavy (non-hydrogen) atoms. The van der Waals surface area contributed by atoms with Gasteiger partial charge in [0.05, 0.1) is 36.8 Å². The molecule has 0 radical (unpaired) electrons. The number of methoxy groups -OCH3 is 1. The zero-order valence-corrected chi connectivity index (χ0v) is 13.8. The van der Waals surface area contributed by atoms with Crippen molar-refractivity contribution in [3.63, 3.8) is 0 Å². The van der Waals surface area contributed by atoms with Crippen LogP contribution in [0.3, 0.4) is 0 Å². The molecule has 1 aliphatic heterocycles. The molecule has 0 unspecified atom stereocenters. The van der Waals surface area contributed by atoms with Crippen LogP contribution in [0.1, 0.15) is 35.8 Å². The van der Waals surface area contributed by atoms with Gasteiger partial charge in [0.1, 0.15) is 0 Å². The van der Waals surface area contributed by atoms with E-state index in [4.69, 9.17) is 4.74 Å². The fourth-order valence-corrected chi connectivity index (χ4v) is 3.47. The molecule has 1 saturated carbocycles. The molecule has 4 rings (SSSR count). The zero-order valence-electron chi connectivity index (χ0n) is 13.0. The second-order valence-electron chi connectivity index (χ2n) is 5.99. The number of urea groups is 1. The third kappa shape index (κ3) is 3.09. The summed E-state index contributed by atoms with van der Waals surface area (Å²) in [6.07, 6.45) is 2.49. The van der Waals surface area contributed by atoms with E-state index in [9.17, 15) is 4.79 Å². The Kier molecular flexibility index (Phi) is 3.78. The minimum Gasteiger partial charge on any atom is -0.378 e. The van der Waals surface area contributed by atoms with Gasteiger partial charge in [-0.15, -0.1) is 11.3 Å². The van der Waals surface area contributed by atoms with Gasteiger partial charge in [-0.3, -0.25) is 10.00 Å². The molecule has 0 bridgehead atoms. The summed E-state index contributed by atoms with van der Waals surface area (Å²) in [7, 11) is 1.63. The molecule has 0 atom stereocenters. The molecule has 0 saturated heterocycles. The number of carbonyl (C=O) groups excluding carboxylic acids is 1. The third-order valence-corrected chi connectivity index (χ3v) is 4.96. The molecule has 122 valence electrons. The fraction of sp³-hybridized carbons (Fsp3) is 0.533. The van der Waals surface area contributed by atoms with E-state index in [2.05, 4.69) is 21.5 Å². The van der Waals surface area contributed by atoms with Gasteiger partial charge < -0.3 is 9.64 Å². The van der Waals surface area contributed by atoms with E-state index in [1.165, 1.54) is 29.9 Å². The lowest BCUT2D eigenvalue weighted by molar-refractivity contribution is 0.182. The van der Waals surface area contributed by atoms with Gasteiger partial charge in [-0.1, -0.05) is 0 Å². The number of hydrogen-bond donors (Lipinski definition) is 1. The zero-order chi connectivity index (χ0) is 15.8. The van der Waals surface area contributed by atoms with Crippen LogP contribution in [-0.4, -0.2) is 39.4 Å². The molecule has 3 heterocycles. The topological polar surface area (TPSA) is 72.3 Å². The molecule has 2 aromatic rings. The van der Waals surface area contributed by atoms with Gasteiger partial charge in [0, 0.05) is 25.0 Å². The van der Waals surface area contributed by atoms with Crippen molar-refractivity contribution in [3.05, 3.63) is 28.5 Å². The molecule has 7 nitrogen and oxygen atoms in total. The van der Waals surface area contributed by atoms with Gasteiger partial charge in [-0.25, -0.2) is 9.78 Å². The van der Waals surface area contributed by atoms with Gasteiger partial charge in [0.25, 0.3) is 0 Å². The Morgan fingerprint density at radius 2 is 2.35 bits per heavy atom. The van der Waals surface area contributed by atoms with Crippen LogP contribution in [0.5, 0.6) is 0 Å². The molecule has 1 aliphatic carbocycles. The van der Waals surface area contributed by atoms with Crippen LogP contribution in [0.2, 0.25) is 0 Å². The molecule has 0 aromatic carbocycles. The SMILES string of the molecule is COCc1csc(NC(=O)N2CCn3nc(C4CC4)cc3C2)n1. The first kappa shape index (κ1) is 14.6. The van der Waals surface area contributed by atoms with Gasteiger partial charge in [0.2, 0.25) is 0 Å². The van der Waals surface area contributed by atoms with E-state index in [0.717, 1.165) is 17.9 Å². The third-order valence-electron chi connectivity index (χ3n) is 4.16. The van der Waals surface area contributed by atoms with Crippen molar-refractivity contribution in [2.24, 2.45) is 0 Å². The van der Waals surface area contributed by atoms with Crippen LogP contribution in [0.15, 0.2) is 11.4 Å². The smallest absolute Gasteiger partial charge is 0.324 e. The summed E-state index contributed by atoms with van der Waals surface area (Å²) in [6.45, 7) is 2.48. The monoisotopic (exact) mass is 333 g/mol. The highest BCUT2D eigenvalue weighted by atomic mass is 32.1. The lowest BCUT2D eigenvalue weighted by Gasteiger charge is -2.27. The van der Waals surface area contributed by atoms with Gasteiger partial charge in [-0.2, -0.15) is 5.10 Å². The average molecular weight is 333 g/mol. The highest BCUT2D eigenvalue weighted by molar-refractivity contribution is 7.13. The van der Waals surface area contributed by atoms with Crippen LogP contribution < -0.4 is 5.32 Å². The normalized spacial score (nSPS) is 17.2. The van der Waals surface area contributed by atoms with Crippen molar-refractivity contribution in [1.29, 1.82) is 0 Å². The predicted molar refractivity (Wildman–Crippen MR) is 86.5 cm³/mol. The molecule has 2 aromatic heterocycles. The number of amides is 2. The van der Waals surface area contributed by atoms with Crippen molar-refractivity contribution >= 4 is 22.5 Å². The largest absolute Gasteiger partial charge is 0.378 e. The molecular formula is C15H19N5O2S. The van der Waals surface area contributed by atoms with Crippen LogP contribution >= 0.6 is 11.3 Å². The second-order valence-corrected chi connectivity index (χ2v) is 6.84. The molecule has 8 heteroatoms. The first-order valence-corrected chi connectivity index (χ1v) is 8.67. The summed E-state index contributed by atoms with van der Waals surface area (Å²) in [5.41, 5.74) is 3.14. The number of carbonyl (C=O) groups is 1. The van der Waals surface area contributed by atoms with Crippen molar-refractivity contribution in [3.8, 4) is 0 Å². The lowest BCUT2D eigenvalue weighted by Crippen LogP contribution is -2.40. The van der Waals surface area contributed by atoms with Crippen molar-refractivity contribution in [2.45, 2.75) is 38.5 Å². The van der Waals surface area contributed by atoms with Crippen molar-refractivity contribution in [2.75, 3.05) is 19.0 Å². The molecule has 0 spiro atoms. The highest BCUT2D eigenvalue weighted by Crippen LogP contribution is 2.39. The number of rotatable bonds is 4. The van der Waals surface area contributed by atoms with Gasteiger partial charge in [-0.05, 0) is 18.9 Å². The van der Waals surface area contributed by atoms with E-state index in [0.29, 0.717) is 30.7 Å². The first-order valence-electron chi connectivity index (χ1n) is 7.79. The number of hydrogen-bond acceptors (Lipinski definition) is 5. The summed E-state index contributed by atoms with van der Waals surface area (Å²) in [4.78, 5) is 18.6. The average Bonchev–Trinajstić information content (AvgIpc) is 3.16. The first-order chi connectivity index (χ1) is 11.2. The number of fused-ring (bicyclic) bond motifs is 1. The maximum Gasteiger partial charge on any atom is 0.324 e. The number of nitrogens with zero attached hydrogens (tertiary/aromatic N) is 4. The number of anilines is 1. The van der Waals surface area contributed by atoms with Crippen LogP contribution in [-0.2, 0) is 24.4 Å². The summed E-state index contributed by atoms with van der Waals surface area (Å²) in [6, 6.07) is 2.04. The molecule has 1 N–H and O–H groups in total. The molecule has 2 amide bonds. The van der Waals surface area contributed by atoms with Crippen LogP contribution in [0.4, 0.5) is 9.93 Å². The Morgan fingerprint density at radius 1 is 1.48 bits per heavy atom. The Labute approximate surface area is 138 Å². The van der Waals surface area contributed by atoms with E-state index in [-0.39, 0.29) is 6.03 Å². The summed E-state index contributed by atoms with van der Waals surface area (Å²) < 4.78 is 7.08. The summed E-state index contributed by atoms with van der Waals surface area (Å²) >= 11 is 1.42. The van der Waals surface area contributed by atoms with Crippen LogP contribution in [0, 0.1) is 0 Å². The second kappa shape index (κ2) is 5.93. The van der Waals surface area contributed by atoms with E-state index in [1.807, 2.05) is 15.0 Å². The van der Waals surface area contributed by atoms with Gasteiger partial charge in [0.15, 0.2) is 5.13 Å². The molecule has 2 aliphatic rings. The summed E-state index contributed by atoms with van der Waals surface area (Å²) in [5.74, 6) is 0.643. The summed E-state index contributed by atoms with van der Waals surface area (Å²) in [5, 5.41) is 10.0. The Hall–Kier alpha value is -1.93. The Bertz CT molecular complexity index is 721. The standard InChI is InChI=1S/C15H19N5O2S/c1-22-8-11-9-23-14(16-11)17-15(21)19-4-5-20-12(7-19)6-13(18-20)10-2-3-10/h6,9-10H,2-5,7-8H2,1H3,(H,16,17,21). The maximum atomic E-state index is 12.4. The minimum absolute atomic E-state index is 0.108. The lowest BCUT2D eigenvalue weighted by atomic mass is 10.2. The number of nitrogens with one attached hydrogen (secondary N) is 1. The van der Waals surface area contributed by atoms with Crippen molar-refractivity contribution in [1.82, 2.24) is 19.7 Å². The maximum absolute atomic E-state index is 12.4. The van der Waals surface area contributed by atoms with E-state index >= 15 is 0 Å². The van der Waals surface area contributed by atoms with Crippen molar-refractivity contribution < 1.29 is 9.53 Å². The predicted octanol–water partition coefficient (Wildman–Crippen LogP) is 2.41. The number of thiazole rings is 1.